The van der Waals surface area contributed by atoms with Crippen molar-refractivity contribution in [2.75, 3.05) is 19.8 Å². The first-order valence-electron chi connectivity index (χ1n) is 9.82. The van der Waals surface area contributed by atoms with Gasteiger partial charge in [-0.15, -0.1) is 0 Å². The van der Waals surface area contributed by atoms with Crippen LogP contribution in [0, 0.1) is 0 Å². The Balaban J connectivity index is 1.24. The molecule has 29 heavy (non-hydrogen) atoms. The highest BCUT2D eigenvalue weighted by molar-refractivity contribution is 6.38. The lowest BCUT2D eigenvalue weighted by atomic mass is 10.1. The lowest BCUT2D eigenvalue weighted by molar-refractivity contribution is -0.152. The quantitative estimate of drug-likeness (QED) is 0.653. The highest BCUT2D eigenvalue weighted by Crippen LogP contribution is 2.32. The van der Waals surface area contributed by atoms with Crippen molar-refractivity contribution in [3.8, 4) is 0 Å². The molecule has 0 radical (unpaired) electrons. The van der Waals surface area contributed by atoms with Crippen molar-refractivity contribution < 1.29 is 9.47 Å². The van der Waals surface area contributed by atoms with Crippen LogP contribution in [-0.4, -0.2) is 47.9 Å². The van der Waals surface area contributed by atoms with Crippen molar-refractivity contribution >= 4 is 34.0 Å². The van der Waals surface area contributed by atoms with Gasteiger partial charge in [0.15, 0.2) is 0 Å². The summed E-state index contributed by atoms with van der Waals surface area (Å²) in [6, 6.07) is 14.9. The smallest absolute Gasteiger partial charge is 0.142 e. The maximum atomic E-state index is 6.56. The van der Waals surface area contributed by atoms with Gasteiger partial charge in [0.2, 0.25) is 0 Å². The second-order valence-corrected chi connectivity index (χ2v) is 8.33. The van der Waals surface area contributed by atoms with Crippen LogP contribution in [0.25, 0.3) is 10.8 Å². The van der Waals surface area contributed by atoms with E-state index in [1.807, 2.05) is 24.3 Å². The third-order valence-corrected chi connectivity index (χ3v) is 6.47. The fraction of sp³-hybridized carbons (Fsp3) is 0.304. The lowest BCUT2D eigenvalue weighted by Gasteiger charge is -2.37. The minimum atomic E-state index is -0.0498. The maximum absolute atomic E-state index is 6.56. The van der Waals surface area contributed by atoms with Crippen LogP contribution in [0.5, 0.6) is 0 Å². The summed E-state index contributed by atoms with van der Waals surface area (Å²) >= 11 is 13.1. The van der Waals surface area contributed by atoms with Gasteiger partial charge in [-0.2, -0.15) is 0 Å². The summed E-state index contributed by atoms with van der Waals surface area (Å²) in [5.41, 5.74) is 1.20. The number of nitrogens with zero attached hydrogens (tertiary/aromatic N) is 2. The molecule has 0 amide bonds. The monoisotopic (exact) mass is 428 g/mol. The molecule has 0 N–H and O–H groups in total. The molecule has 2 aromatic carbocycles. The summed E-state index contributed by atoms with van der Waals surface area (Å²) in [6.07, 6.45) is 7.99. The topological polar surface area (TPSA) is 24.9 Å². The van der Waals surface area contributed by atoms with E-state index in [-0.39, 0.29) is 18.3 Å². The molecule has 1 saturated heterocycles. The average molecular weight is 429 g/mol. The molecular formula is C23H22Cl2N2O2. The standard InChI is InChI=1S/C23H22Cl2N2O2/c24-22-23(25)27(13-19-14-28-20-7-3-4-8-21(20)29-19)15-26(22)12-16-9-10-17-5-1-2-6-18(17)11-16/h1-11,19-21H,12-15H2. The third-order valence-electron chi connectivity index (χ3n) is 5.54. The Morgan fingerprint density at radius 3 is 2.52 bits per heavy atom. The largest absolute Gasteiger partial charge is 0.368 e. The Labute approximate surface area is 180 Å². The van der Waals surface area contributed by atoms with Gasteiger partial charge in [-0.05, 0) is 22.4 Å². The molecule has 5 rings (SSSR count). The number of hydrogen-bond acceptors (Lipinski definition) is 4. The number of allylic oxidation sites excluding steroid dienone is 2. The maximum Gasteiger partial charge on any atom is 0.142 e. The normalized spacial score (nSPS) is 26.5. The Hall–Kier alpha value is -1.98. The van der Waals surface area contributed by atoms with Gasteiger partial charge < -0.3 is 19.3 Å². The van der Waals surface area contributed by atoms with Crippen LogP contribution in [0.3, 0.4) is 0 Å². The first-order chi connectivity index (χ1) is 14.2. The van der Waals surface area contributed by atoms with Crippen molar-refractivity contribution in [3.63, 3.8) is 0 Å². The van der Waals surface area contributed by atoms with Gasteiger partial charge in [0.05, 0.1) is 19.4 Å². The lowest BCUT2D eigenvalue weighted by Crippen LogP contribution is -2.47. The number of ether oxygens (including phenoxy) is 2. The van der Waals surface area contributed by atoms with Crippen LogP contribution in [0.1, 0.15) is 5.56 Å². The van der Waals surface area contributed by atoms with Gasteiger partial charge in [0, 0.05) is 13.1 Å². The molecule has 0 spiro atoms. The van der Waals surface area contributed by atoms with E-state index >= 15 is 0 Å². The molecule has 0 aromatic heterocycles. The van der Waals surface area contributed by atoms with Crippen molar-refractivity contribution in [1.82, 2.24) is 9.80 Å². The zero-order chi connectivity index (χ0) is 19.8. The van der Waals surface area contributed by atoms with Crippen LogP contribution >= 0.6 is 23.2 Å². The molecule has 3 atom stereocenters. The van der Waals surface area contributed by atoms with Gasteiger partial charge in [-0.3, -0.25) is 0 Å². The Morgan fingerprint density at radius 2 is 1.66 bits per heavy atom. The summed E-state index contributed by atoms with van der Waals surface area (Å²) in [4.78, 5) is 4.14. The zero-order valence-corrected chi connectivity index (χ0v) is 17.4. The molecule has 6 heteroatoms. The summed E-state index contributed by atoms with van der Waals surface area (Å²) in [5, 5.41) is 3.61. The molecule has 4 nitrogen and oxygen atoms in total. The van der Waals surface area contributed by atoms with Crippen molar-refractivity contribution in [2.45, 2.75) is 24.9 Å². The van der Waals surface area contributed by atoms with Crippen molar-refractivity contribution in [3.05, 3.63) is 82.6 Å². The van der Waals surface area contributed by atoms with Crippen LogP contribution in [0.2, 0.25) is 0 Å². The molecular weight excluding hydrogens is 407 g/mol. The molecule has 1 fully saturated rings. The summed E-state index contributed by atoms with van der Waals surface area (Å²) < 4.78 is 12.1. The number of benzene rings is 2. The molecule has 3 unspecified atom stereocenters. The Bertz CT molecular complexity index is 1000. The van der Waals surface area contributed by atoms with Gasteiger partial charge >= 0.3 is 0 Å². The highest BCUT2D eigenvalue weighted by atomic mass is 35.5. The van der Waals surface area contributed by atoms with E-state index in [4.69, 9.17) is 32.7 Å². The molecule has 3 aliphatic rings. The van der Waals surface area contributed by atoms with Crippen LogP contribution in [-0.2, 0) is 16.0 Å². The van der Waals surface area contributed by atoms with E-state index in [0.717, 1.165) is 0 Å². The van der Waals surface area contributed by atoms with E-state index < -0.39 is 0 Å². The zero-order valence-electron chi connectivity index (χ0n) is 15.9. The molecule has 0 bridgehead atoms. The number of halogens is 2. The van der Waals surface area contributed by atoms with Crippen LogP contribution in [0.4, 0.5) is 0 Å². The second kappa shape index (κ2) is 8.04. The van der Waals surface area contributed by atoms with Gasteiger partial charge in [0.25, 0.3) is 0 Å². The summed E-state index contributed by atoms with van der Waals surface area (Å²) in [5.74, 6) is 0. The summed E-state index contributed by atoms with van der Waals surface area (Å²) in [7, 11) is 0. The van der Waals surface area contributed by atoms with Gasteiger partial charge in [-0.1, -0.05) is 83.9 Å². The van der Waals surface area contributed by atoms with Crippen LogP contribution in [0.15, 0.2) is 77.1 Å². The van der Waals surface area contributed by atoms with Gasteiger partial charge in [-0.25, -0.2) is 0 Å². The predicted octanol–water partition coefficient (Wildman–Crippen LogP) is 4.80. The Kier molecular flexibility index (Phi) is 5.27. The molecule has 1 aliphatic carbocycles. The SMILES string of the molecule is ClC1=C(Cl)N(CC2COC3C=CC=CC3O2)CN1Cc1ccc2ccccc2c1. The number of fused-ring (bicyclic) bond motifs is 2. The first kappa shape index (κ1) is 19.0. The minimum absolute atomic E-state index is 0.00818. The predicted molar refractivity (Wildman–Crippen MR) is 116 cm³/mol. The molecule has 2 heterocycles. The van der Waals surface area contributed by atoms with E-state index in [2.05, 4.69) is 52.3 Å². The molecule has 2 aromatic rings. The molecule has 150 valence electrons. The van der Waals surface area contributed by atoms with Crippen LogP contribution < -0.4 is 0 Å². The average Bonchev–Trinajstić information content (AvgIpc) is 3.01. The molecule has 0 saturated carbocycles. The number of rotatable bonds is 4. The third kappa shape index (κ3) is 3.90. The fourth-order valence-electron chi connectivity index (χ4n) is 4.07. The minimum Gasteiger partial charge on any atom is -0.368 e. The fourth-order valence-corrected chi connectivity index (χ4v) is 4.54. The van der Waals surface area contributed by atoms with E-state index in [1.165, 1.54) is 16.3 Å². The summed E-state index contributed by atoms with van der Waals surface area (Å²) in [6.45, 7) is 2.52. The van der Waals surface area contributed by atoms with Gasteiger partial charge in [0.1, 0.15) is 22.5 Å². The van der Waals surface area contributed by atoms with Crippen molar-refractivity contribution in [1.29, 1.82) is 0 Å². The Morgan fingerprint density at radius 1 is 0.897 bits per heavy atom. The van der Waals surface area contributed by atoms with E-state index in [1.54, 1.807) is 0 Å². The van der Waals surface area contributed by atoms with E-state index in [9.17, 15) is 0 Å². The second-order valence-electron chi connectivity index (χ2n) is 7.62. The molecule has 2 aliphatic heterocycles. The van der Waals surface area contributed by atoms with Crippen molar-refractivity contribution in [2.24, 2.45) is 0 Å². The highest BCUT2D eigenvalue weighted by Gasteiger charge is 2.34. The first-order valence-corrected chi connectivity index (χ1v) is 10.6. The van der Waals surface area contributed by atoms with E-state index in [0.29, 0.717) is 36.7 Å². The number of hydrogen-bond donors (Lipinski definition) is 0.